The number of benzene rings is 3. The Balaban J connectivity index is 1.06. The lowest BCUT2D eigenvalue weighted by atomic mass is 9.99. The number of ether oxygens (including phenoxy) is 4. The third kappa shape index (κ3) is 10.4. The van der Waals surface area contributed by atoms with Gasteiger partial charge in [-0.1, -0.05) is 53.2 Å². The van der Waals surface area contributed by atoms with Crippen molar-refractivity contribution >= 4 is 11.9 Å². The Morgan fingerprint density at radius 2 is 1.50 bits per heavy atom. The molecule has 0 unspecified atom stereocenters. The van der Waals surface area contributed by atoms with Crippen molar-refractivity contribution in [1.82, 2.24) is 25.6 Å². The molecule has 0 spiro atoms. The van der Waals surface area contributed by atoms with E-state index in [4.69, 9.17) is 18.9 Å². The molecule has 11 heteroatoms. The van der Waals surface area contributed by atoms with E-state index in [0.717, 1.165) is 22.4 Å². The average molecular weight is 602 g/mol. The van der Waals surface area contributed by atoms with E-state index in [2.05, 4.69) is 20.9 Å². The van der Waals surface area contributed by atoms with Crippen LogP contribution in [0.25, 0.3) is 11.1 Å². The maximum absolute atomic E-state index is 13.0. The highest BCUT2D eigenvalue weighted by Gasteiger charge is 2.15. The van der Waals surface area contributed by atoms with Crippen molar-refractivity contribution in [2.45, 2.75) is 20.0 Å². The molecule has 0 aliphatic carbocycles. The van der Waals surface area contributed by atoms with E-state index in [1.54, 1.807) is 41.1 Å². The Labute approximate surface area is 257 Å². The van der Waals surface area contributed by atoms with Crippen LogP contribution in [-0.2, 0) is 27.3 Å². The van der Waals surface area contributed by atoms with Crippen molar-refractivity contribution in [2.75, 3.05) is 53.2 Å². The summed E-state index contributed by atoms with van der Waals surface area (Å²) in [5.41, 5.74) is 4.69. The summed E-state index contributed by atoms with van der Waals surface area (Å²) in [5.74, 6) is -0.351. The van der Waals surface area contributed by atoms with Gasteiger partial charge in [0.05, 0.1) is 57.4 Å². The molecule has 0 radical (unpaired) electrons. The SMILES string of the molecule is CNCc1cn(CCOCCOCCOCCNC(=O)c2ccc(OC(=O)c3ccccc3-c3ccc(C)cc3)cc2)nn1. The summed E-state index contributed by atoms with van der Waals surface area (Å²) in [6.07, 6.45) is 1.89. The van der Waals surface area contributed by atoms with Gasteiger partial charge in [0.2, 0.25) is 0 Å². The molecule has 0 aliphatic rings. The minimum atomic E-state index is -0.464. The maximum atomic E-state index is 13.0. The van der Waals surface area contributed by atoms with E-state index in [1.807, 2.05) is 56.6 Å². The highest BCUT2D eigenvalue weighted by molar-refractivity contribution is 5.98. The molecule has 1 amide bonds. The summed E-state index contributed by atoms with van der Waals surface area (Å²) in [5, 5.41) is 13.9. The summed E-state index contributed by atoms with van der Waals surface area (Å²) in [6, 6.07) is 21.8. The van der Waals surface area contributed by atoms with Crippen LogP contribution in [0.5, 0.6) is 5.75 Å². The maximum Gasteiger partial charge on any atom is 0.344 e. The van der Waals surface area contributed by atoms with Crippen LogP contribution in [0.3, 0.4) is 0 Å². The summed E-state index contributed by atoms with van der Waals surface area (Å²) >= 11 is 0. The molecule has 0 fully saturated rings. The largest absolute Gasteiger partial charge is 0.423 e. The molecule has 0 aliphatic heterocycles. The first-order valence-corrected chi connectivity index (χ1v) is 14.6. The van der Waals surface area contributed by atoms with Gasteiger partial charge in [0.15, 0.2) is 0 Å². The summed E-state index contributed by atoms with van der Waals surface area (Å²) < 4.78 is 23.9. The molecule has 0 atom stereocenters. The molecule has 11 nitrogen and oxygen atoms in total. The molecule has 0 saturated heterocycles. The standard InChI is InChI=1S/C33H39N5O6/c1-25-7-9-26(10-8-25)30-5-3-4-6-31(30)33(40)44-29-13-11-27(12-14-29)32(39)35-15-17-41-19-21-43-22-20-42-18-16-38-24-28(23-34-2)36-37-38/h3-14,24,34H,15-23H2,1-2H3,(H,35,39). The fourth-order valence-electron chi connectivity index (χ4n) is 4.23. The fourth-order valence-corrected chi connectivity index (χ4v) is 4.23. The molecule has 44 heavy (non-hydrogen) atoms. The zero-order valence-corrected chi connectivity index (χ0v) is 25.2. The summed E-state index contributed by atoms with van der Waals surface area (Å²) in [7, 11) is 1.86. The highest BCUT2D eigenvalue weighted by Crippen LogP contribution is 2.25. The minimum Gasteiger partial charge on any atom is -0.423 e. The average Bonchev–Trinajstić information content (AvgIpc) is 3.49. The van der Waals surface area contributed by atoms with Gasteiger partial charge in [-0.2, -0.15) is 0 Å². The van der Waals surface area contributed by atoms with Crippen molar-refractivity contribution in [2.24, 2.45) is 0 Å². The zero-order chi connectivity index (χ0) is 31.0. The van der Waals surface area contributed by atoms with Gasteiger partial charge in [0.1, 0.15) is 5.75 Å². The van der Waals surface area contributed by atoms with Crippen LogP contribution >= 0.6 is 0 Å². The third-order valence-electron chi connectivity index (χ3n) is 6.52. The molecule has 0 saturated carbocycles. The van der Waals surface area contributed by atoms with Crippen molar-refractivity contribution in [1.29, 1.82) is 0 Å². The van der Waals surface area contributed by atoms with Gasteiger partial charge in [-0.15, -0.1) is 5.10 Å². The van der Waals surface area contributed by atoms with E-state index in [9.17, 15) is 9.59 Å². The molecule has 0 bridgehead atoms. The van der Waals surface area contributed by atoms with Crippen molar-refractivity contribution in [3.8, 4) is 16.9 Å². The third-order valence-corrected chi connectivity index (χ3v) is 6.52. The zero-order valence-electron chi connectivity index (χ0n) is 25.2. The topological polar surface area (TPSA) is 126 Å². The minimum absolute atomic E-state index is 0.242. The van der Waals surface area contributed by atoms with Crippen molar-refractivity contribution in [3.63, 3.8) is 0 Å². The Morgan fingerprint density at radius 1 is 0.818 bits per heavy atom. The fraction of sp³-hybridized carbons (Fsp3) is 0.333. The number of nitrogens with one attached hydrogen (secondary N) is 2. The highest BCUT2D eigenvalue weighted by atomic mass is 16.5. The number of aryl methyl sites for hydroxylation is 1. The molecule has 232 valence electrons. The molecule has 4 aromatic rings. The van der Waals surface area contributed by atoms with E-state index >= 15 is 0 Å². The van der Waals surface area contributed by atoms with Gasteiger partial charge in [0, 0.05) is 24.8 Å². The molecule has 4 rings (SSSR count). The summed E-state index contributed by atoms with van der Waals surface area (Å²) in [4.78, 5) is 25.4. The number of rotatable bonds is 18. The van der Waals surface area contributed by atoms with Crippen LogP contribution in [0.4, 0.5) is 0 Å². The first-order valence-electron chi connectivity index (χ1n) is 14.6. The number of carbonyl (C=O) groups is 2. The lowest BCUT2D eigenvalue weighted by molar-refractivity contribution is 0.0133. The van der Waals surface area contributed by atoms with Crippen LogP contribution < -0.4 is 15.4 Å². The quantitative estimate of drug-likeness (QED) is 0.0998. The second-order valence-electron chi connectivity index (χ2n) is 9.92. The van der Waals surface area contributed by atoms with Crippen LogP contribution in [0.15, 0.2) is 79.0 Å². The molecule has 1 heterocycles. The van der Waals surface area contributed by atoms with Crippen molar-refractivity contribution in [3.05, 3.63) is 101 Å². The van der Waals surface area contributed by atoms with Crippen LogP contribution in [0.1, 0.15) is 32.0 Å². The van der Waals surface area contributed by atoms with Crippen LogP contribution in [0.2, 0.25) is 0 Å². The summed E-state index contributed by atoms with van der Waals surface area (Å²) in [6.45, 7) is 6.36. The van der Waals surface area contributed by atoms with Crippen LogP contribution in [0, 0.1) is 6.92 Å². The molecule has 3 aromatic carbocycles. The normalized spacial score (nSPS) is 11.0. The van der Waals surface area contributed by atoms with Gasteiger partial charge in [0.25, 0.3) is 5.91 Å². The van der Waals surface area contributed by atoms with Crippen molar-refractivity contribution < 1.29 is 28.5 Å². The Bertz CT molecular complexity index is 1460. The van der Waals surface area contributed by atoms with Gasteiger partial charge in [-0.05, 0) is 55.4 Å². The molecular formula is C33H39N5O6. The number of hydrogen-bond donors (Lipinski definition) is 2. The predicted molar refractivity (Wildman–Crippen MR) is 166 cm³/mol. The number of esters is 1. The van der Waals surface area contributed by atoms with Gasteiger partial charge >= 0.3 is 5.97 Å². The molecule has 1 aromatic heterocycles. The number of carbonyl (C=O) groups excluding carboxylic acids is 2. The van der Waals surface area contributed by atoms with Gasteiger partial charge in [-0.3, -0.25) is 4.79 Å². The van der Waals surface area contributed by atoms with E-state index in [1.165, 1.54) is 0 Å². The Kier molecular flexibility index (Phi) is 13.0. The number of hydrogen-bond acceptors (Lipinski definition) is 9. The lowest BCUT2D eigenvalue weighted by Gasteiger charge is -2.11. The lowest BCUT2D eigenvalue weighted by Crippen LogP contribution is -2.27. The number of amides is 1. The van der Waals surface area contributed by atoms with E-state index < -0.39 is 5.97 Å². The monoisotopic (exact) mass is 601 g/mol. The number of nitrogens with zero attached hydrogens (tertiary/aromatic N) is 3. The van der Waals surface area contributed by atoms with Crippen LogP contribution in [-0.4, -0.2) is 80.1 Å². The molecular weight excluding hydrogens is 562 g/mol. The number of aromatic nitrogens is 3. The van der Waals surface area contributed by atoms with Gasteiger partial charge < -0.3 is 29.6 Å². The second kappa shape index (κ2) is 17.6. The smallest absolute Gasteiger partial charge is 0.344 e. The van der Waals surface area contributed by atoms with E-state index in [0.29, 0.717) is 76.2 Å². The first-order chi connectivity index (χ1) is 21.5. The first kappa shape index (κ1) is 32.5. The Morgan fingerprint density at radius 3 is 2.23 bits per heavy atom. The van der Waals surface area contributed by atoms with Gasteiger partial charge in [-0.25, -0.2) is 9.48 Å². The predicted octanol–water partition coefficient (Wildman–Crippen LogP) is 3.67. The molecule has 2 N–H and O–H groups in total. The van der Waals surface area contributed by atoms with E-state index in [-0.39, 0.29) is 5.91 Å². The Hall–Kier alpha value is -4.42. The second-order valence-corrected chi connectivity index (χ2v) is 9.92.